The maximum atomic E-state index is 4.55. The van der Waals surface area contributed by atoms with Crippen LogP contribution in [0.1, 0.15) is 25.1 Å². The Morgan fingerprint density at radius 2 is 2.12 bits per heavy atom. The molecule has 2 aromatic rings. The van der Waals surface area contributed by atoms with Gasteiger partial charge in [-0.3, -0.25) is 0 Å². The quantitative estimate of drug-likeness (QED) is 0.856. The molecule has 0 fully saturated rings. The van der Waals surface area contributed by atoms with Crippen LogP contribution in [0.3, 0.4) is 0 Å². The van der Waals surface area contributed by atoms with E-state index in [0.29, 0.717) is 5.95 Å². The first kappa shape index (κ1) is 12.1. The molecular formula is C12H18N4S. The molecule has 0 atom stereocenters. The zero-order valence-electron chi connectivity index (χ0n) is 10.5. The topological polar surface area (TPSA) is 49.8 Å². The second-order valence-electron chi connectivity index (χ2n) is 3.86. The Morgan fingerprint density at radius 1 is 1.29 bits per heavy atom. The van der Waals surface area contributed by atoms with E-state index in [1.807, 2.05) is 7.05 Å². The molecule has 0 amide bonds. The number of aryl methyl sites for hydroxylation is 1. The van der Waals surface area contributed by atoms with Gasteiger partial charge in [0.1, 0.15) is 10.6 Å². The molecule has 0 aromatic carbocycles. The van der Waals surface area contributed by atoms with Crippen LogP contribution in [0.4, 0.5) is 11.8 Å². The number of hydrogen-bond donors (Lipinski definition) is 2. The van der Waals surface area contributed by atoms with Gasteiger partial charge in [0, 0.05) is 18.5 Å². The Balaban J connectivity index is 2.44. The fourth-order valence-corrected chi connectivity index (χ4v) is 2.62. The molecule has 17 heavy (non-hydrogen) atoms. The van der Waals surface area contributed by atoms with Gasteiger partial charge in [-0.15, -0.1) is 11.3 Å². The lowest BCUT2D eigenvalue weighted by atomic mass is 10.3. The molecule has 5 heteroatoms. The lowest BCUT2D eigenvalue weighted by Gasteiger charge is -2.06. The first-order chi connectivity index (χ1) is 8.28. The lowest BCUT2D eigenvalue weighted by molar-refractivity contribution is 0.958. The first-order valence-electron chi connectivity index (χ1n) is 6.00. The molecule has 0 aliphatic carbocycles. The molecule has 0 unspecified atom stereocenters. The summed E-state index contributed by atoms with van der Waals surface area (Å²) < 4.78 is 0. The molecule has 2 heterocycles. The van der Waals surface area contributed by atoms with Gasteiger partial charge >= 0.3 is 0 Å². The minimum atomic E-state index is 0.716. The zero-order valence-corrected chi connectivity index (χ0v) is 11.3. The summed E-state index contributed by atoms with van der Waals surface area (Å²) in [5.41, 5.74) is 0. The molecule has 0 radical (unpaired) electrons. The third-order valence-corrected chi connectivity index (χ3v) is 3.74. The first-order valence-corrected chi connectivity index (χ1v) is 6.82. The summed E-state index contributed by atoms with van der Waals surface area (Å²) in [6.45, 7) is 5.19. The minimum absolute atomic E-state index is 0.716. The monoisotopic (exact) mass is 250 g/mol. The molecule has 0 saturated heterocycles. The van der Waals surface area contributed by atoms with Crippen molar-refractivity contribution in [2.45, 2.75) is 26.7 Å². The van der Waals surface area contributed by atoms with Gasteiger partial charge in [-0.2, -0.15) is 4.98 Å². The van der Waals surface area contributed by atoms with E-state index in [-0.39, 0.29) is 0 Å². The fraction of sp³-hybridized carbons (Fsp3) is 0.500. The third-order valence-electron chi connectivity index (χ3n) is 2.56. The SMILES string of the molecule is CCCNc1nc(NC)c2cc(CC)sc2n1. The van der Waals surface area contributed by atoms with Crippen LogP contribution in [-0.2, 0) is 6.42 Å². The van der Waals surface area contributed by atoms with Gasteiger partial charge < -0.3 is 10.6 Å². The minimum Gasteiger partial charge on any atom is -0.372 e. The Bertz CT molecular complexity index is 506. The smallest absolute Gasteiger partial charge is 0.226 e. The van der Waals surface area contributed by atoms with Crippen LogP contribution in [0.15, 0.2) is 6.07 Å². The van der Waals surface area contributed by atoms with Gasteiger partial charge in [-0.25, -0.2) is 4.98 Å². The maximum Gasteiger partial charge on any atom is 0.226 e. The van der Waals surface area contributed by atoms with Crippen LogP contribution in [0.25, 0.3) is 10.2 Å². The van der Waals surface area contributed by atoms with Crippen molar-refractivity contribution in [1.82, 2.24) is 9.97 Å². The number of hydrogen-bond acceptors (Lipinski definition) is 5. The second kappa shape index (κ2) is 5.31. The summed E-state index contributed by atoms with van der Waals surface area (Å²) >= 11 is 1.74. The van der Waals surface area contributed by atoms with Crippen molar-refractivity contribution in [3.8, 4) is 0 Å². The summed E-state index contributed by atoms with van der Waals surface area (Å²) in [5, 5.41) is 7.49. The molecule has 0 saturated carbocycles. The highest BCUT2D eigenvalue weighted by Crippen LogP contribution is 2.30. The van der Waals surface area contributed by atoms with E-state index in [2.05, 4.69) is 40.5 Å². The van der Waals surface area contributed by atoms with E-state index >= 15 is 0 Å². The van der Waals surface area contributed by atoms with Gasteiger partial charge in [0.15, 0.2) is 0 Å². The zero-order chi connectivity index (χ0) is 12.3. The van der Waals surface area contributed by atoms with E-state index in [1.165, 1.54) is 4.88 Å². The highest BCUT2D eigenvalue weighted by molar-refractivity contribution is 7.18. The number of fused-ring (bicyclic) bond motifs is 1. The number of aromatic nitrogens is 2. The van der Waals surface area contributed by atoms with Crippen molar-refractivity contribution in [3.05, 3.63) is 10.9 Å². The van der Waals surface area contributed by atoms with Crippen LogP contribution in [0.2, 0.25) is 0 Å². The average Bonchev–Trinajstić information content (AvgIpc) is 2.78. The molecule has 2 aromatic heterocycles. The summed E-state index contributed by atoms with van der Waals surface area (Å²) in [6, 6.07) is 2.18. The average molecular weight is 250 g/mol. The fourth-order valence-electron chi connectivity index (χ4n) is 1.65. The molecule has 92 valence electrons. The van der Waals surface area contributed by atoms with Crippen LogP contribution in [0.5, 0.6) is 0 Å². The van der Waals surface area contributed by atoms with Crippen molar-refractivity contribution in [1.29, 1.82) is 0 Å². The van der Waals surface area contributed by atoms with E-state index in [4.69, 9.17) is 0 Å². The number of nitrogens with one attached hydrogen (secondary N) is 2. The van der Waals surface area contributed by atoms with Crippen molar-refractivity contribution in [2.75, 3.05) is 24.2 Å². The lowest BCUT2D eigenvalue weighted by Crippen LogP contribution is -2.05. The molecule has 0 bridgehead atoms. The number of rotatable bonds is 5. The van der Waals surface area contributed by atoms with E-state index in [1.54, 1.807) is 11.3 Å². The summed E-state index contributed by atoms with van der Waals surface area (Å²) in [7, 11) is 1.90. The molecule has 0 aliphatic rings. The van der Waals surface area contributed by atoms with E-state index < -0.39 is 0 Å². The number of anilines is 2. The molecule has 0 spiro atoms. The van der Waals surface area contributed by atoms with Gasteiger partial charge in [-0.05, 0) is 18.9 Å². The van der Waals surface area contributed by atoms with Gasteiger partial charge in [-0.1, -0.05) is 13.8 Å². The maximum absolute atomic E-state index is 4.55. The number of nitrogens with zero attached hydrogens (tertiary/aromatic N) is 2. The molecule has 2 rings (SSSR count). The normalized spacial score (nSPS) is 10.8. The molecule has 0 aliphatic heterocycles. The predicted octanol–water partition coefficient (Wildman–Crippen LogP) is 3.12. The standard InChI is InChI=1S/C12H18N4S/c1-4-6-14-12-15-10(13-3)9-7-8(5-2)17-11(9)16-12/h7H,4-6H2,1-3H3,(H2,13,14,15,16). The van der Waals surface area contributed by atoms with E-state index in [0.717, 1.165) is 35.4 Å². The van der Waals surface area contributed by atoms with Gasteiger partial charge in [0.05, 0.1) is 5.39 Å². The summed E-state index contributed by atoms with van der Waals surface area (Å²) in [4.78, 5) is 11.4. The van der Waals surface area contributed by atoms with Crippen molar-refractivity contribution in [3.63, 3.8) is 0 Å². The van der Waals surface area contributed by atoms with Crippen molar-refractivity contribution in [2.24, 2.45) is 0 Å². The van der Waals surface area contributed by atoms with E-state index in [9.17, 15) is 0 Å². The van der Waals surface area contributed by atoms with Crippen LogP contribution >= 0.6 is 11.3 Å². The highest BCUT2D eigenvalue weighted by atomic mass is 32.1. The highest BCUT2D eigenvalue weighted by Gasteiger charge is 2.09. The number of thiophene rings is 1. The Labute approximate surface area is 105 Å². The largest absolute Gasteiger partial charge is 0.372 e. The second-order valence-corrected chi connectivity index (χ2v) is 4.97. The van der Waals surface area contributed by atoms with Gasteiger partial charge in [0.2, 0.25) is 5.95 Å². The Hall–Kier alpha value is -1.36. The molecule has 2 N–H and O–H groups in total. The Morgan fingerprint density at radius 3 is 2.76 bits per heavy atom. The van der Waals surface area contributed by atoms with Crippen molar-refractivity contribution < 1.29 is 0 Å². The van der Waals surface area contributed by atoms with Crippen LogP contribution in [-0.4, -0.2) is 23.6 Å². The van der Waals surface area contributed by atoms with Crippen molar-refractivity contribution >= 4 is 33.3 Å². The molecule has 4 nitrogen and oxygen atoms in total. The van der Waals surface area contributed by atoms with Gasteiger partial charge in [0.25, 0.3) is 0 Å². The summed E-state index contributed by atoms with van der Waals surface area (Å²) in [5.74, 6) is 1.62. The third kappa shape index (κ3) is 2.49. The van der Waals surface area contributed by atoms with Crippen LogP contribution < -0.4 is 10.6 Å². The summed E-state index contributed by atoms with van der Waals surface area (Å²) in [6.07, 6.45) is 2.11. The van der Waals surface area contributed by atoms with Crippen LogP contribution in [0, 0.1) is 0 Å². The Kier molecular flexibility index (Phi) is 3.78. The predicted molar refractivity (Wildman–Crippen MR) is 75.1 cm³/mol. The molecular weight excluding hydrogens is 232 g/mol.